The molecule has 0 saturated carbocycles. The number of nitrogens with one attached hydrogen (secondary N) is 1. The van der Waals surface area contributed by atoms with Gasteiger partial charge >= 0.3 is 0 Å². The summed E-state index contributed by atoms with van der Waals surface area (Å²) in [6, 6.07) is 0. The normalized spacial score (nSPS) is 23.5. The fourth-order valence-electron chi connectivity index (χ4n) is 2.25. The van der Waals surface area contributed by atoms with E-state index >= 15 is 0 Å². The van der Waals surface area contributed by atoms with Crippen molar-refractivity contribution in [3.8, 4) is 0 Å². The Hall–Kier alpha value is -0.880. The maximum absolute atomic E-state index is 11.5. The minimum atomic E-state index is -3.06. The van der Waals surface area contributed by atoms with Crippen molar-refractivity contribution in [3.63, 3.8) is 0 Å². The fraction of sp³-hybridized carbons (Fsp3) is 0.700. The molecular weight excluding hydrogens is 226 g/mol. The summed E-state index contributed by atoms with van der Waals surface area (Å²) < 4.78 is 24.5. The standard InChI is InChI=1S/C10H17N3O2S/c1-8-6-11-12-10(8)9-4-3-5-13(7-9)16(2,14)15/h6,9H,3-5,7H2,1-2H3,(H,11,12)/t9-/m0/s1. The molecule has 0 radical (unpaired) electrons. The largest absolute Gasteiger partial charge is 0.282 e. The number of aromatic amines is 1. The SMILES string of the molecule is Cc1cn[nH]c1[C@H]1CCCN(S(C)(=O)=O)C1. The number of H-pyrrole nitrogens is 1. The molecule has 2 rings (SSSR count). The molecule has 2 heterocycles. The summed E-state index contributed by atoms with van der Waals surface area (Å²) in [5.41, 5.74) is 2.19. The molecule has 0 aliphatic carbocycles. The van der Waals surface area contributed by atoms with Gasteiger partial charge in [-0.1, -0.05) is 0 Å². The molecular formula is C10H17N3O2S. The van der Waals surface area contributed by atoms with Crippen LogP contribution in [0.2, 0.25) is 0 Å². The Morgan fingerprint density at radius 3 is 2.88 bits per heavy atom. The van der Waals surface area contributed by atoms with Crippen LogP contribution in [0.5, 0.6) is 0 Å². The quantitative estimate of drug-likeness (QED) is 0.837. The summed E-state index contributed by atoms with van der Waals surface area (Å²) in [6.07, 6.45) is 5.00. The van der Waals surface area contributed by atoms with Gasteiger partial charge in [0.25, 0.3) is 0 Å². The maximum atomic E-state index is 11.5. The van der Waals surface area contributed by atoms with Crippen LogP contribution in [0.25, 0.3) is 0 Å². The number of rotatable bonds is 2. The first-order valence-electron chi connectivity index (χ1n) is 5.43. The van der Waals surface area contributed by atoms with Gasteiger partial charge in [-0.2, -0.15) is 5.10 Å². The van der Waals surface area contributed by atoms with Gasteiger partial charge in [0.2, 0.25) is 10.0 Å². The summed E-state index contributed by atoms with van der Waals surface area (Å²) in [6.45, 7) is 3.21. The summed E-state index contributed by atoms with van der Waals surface area (Å²) in [7, 11) is -3.06. The van der Waals surface area contributed by atoms with Crippen molar-refractivity contribution in [2.75, 3.05) is 19.3 Å². The van der Waals surface area contributed by atoms with Crippen LogP contribution in [0.1, 0.15) is 30.0 Å². The maximum Gasteiger partial charge on any atom is 0.211 e. The molecule has 1 aromatic rings. The number of piperidine rings is 1. The van der Waals surface area contributed by atoms with Crippen molar-refractivity contribution in [2.45, 2.75) is 25.7 Å². The lowest BCUT2D eigenvalue weighted by Gasteiger charge is -2.30. The first kappa shape index (κ1) is 11.6. The highest BCUT2D eigenvalue weighted by molar-refractivity contribution is 7.88. The number of aryl methyl sites for hydroxylation is 1. The van der Waals surface area contributed by atoms with Crippen molar-refractivity contribution in [2.24, 2.45) is 0 Å². The van der Waals surface area contributed by atoms with E-state index < -0.39 is 10.0 Å². The monoisotopic (exact) mass is 243 g/mol. The molecule has 0 aromatic carbocycles. The second kappa shape index (κ2) is 4.18. The third kappa shape index (κ3) is 2.27. The average molecular weight is 243 g/mol. The van der Waals surface area contributed by atoms with Crippen molar-refractivity contribution >= 4 is 10.0 Å². The molecule has 5 nitrogen and oxygen atoms in total. The third-order valence-corrected chi connectivity index (χ3v) is 4.40. The molecule has 90 valence electrons. The van der Waals surface area contributed by atoms with Crippen LogP contribution in [0, 0.1) is 6.92 Å². The zero-order chi connectivity index (χ0) is 11.8. The molecule has 1 aromatic heterocycles. The lowest BCUT2D eigenvalue weighted by atomic mass is 9.94. The van der Waals surface area contributed by atoms with Crippen LogP contribution in [0.3, 0.4) is 0 Å². The van der Waals surface area contributed by atoms with Crippen LogP contribution < -0.4 is 0 Å². The van der Waals surface area contributed by atoms with E-state index in [1.807, 2.05) is 6.92 Å². The third-order valence-electron chi connectivity index (χ3n) is 3.13. The Morgan fingerprint density at radius 2 is 2.31 bits per heavy atom. The molecule has 1 saturated heterocycles. The Balaban J connectivity index is 2.17. The Bertz CT molecular complexity index is 466. The molecule has 1 fully saturated rings. The summed E-state index contributed by atoms with van der Waals surface area (Å²) in [5, 5.41) is 6.97. The summed E-state index contributed by atoms with van der Waals surface area (Å²) >= 11 is 0. The van der Waals surface area contributed by atoms with E-state index in [4.69, 9.17) is 0 Å². The lowest BCUT2D eigenvalue weighted by molar-refractivity contribution is 0.314. The van der Waals surface area contributed by atoms with E-state index in [9.17, 15) is 8.42 Å². The Labute approximate surface area is 95.9 Å². The molecule has 1 aliphatic rings. The number of nitrogens with zero attached hydrogens (tertiary/aromatic N) is 2. The lowest BCUT2D eigenvalue weighted by Crippen LogP contribution is -2.38. The van der Waals surface area contributed by atoms with Gasteiger partial charge in [0.1, 0.15) is 0 Å². The fourth-order valence-corrected chi connectivity index (χ4v) is 3.16. The predicted molar refractivity (Wildman–Crippen MR) is 61.7 cm³/mol. The van der Waals surface area contributed by atoms with Gasteiger partial charge < -0.3 is 0 Å². The highest BCUT2D eigenvalue weighted by Gasteiger charge is 2.28. The first-order chi connectivity index (χ1) is 7.48. The van der Waals surface area contributed by atoms with Crippen molar-refractivity contribution in [3.05, 3.63) is 17.5 Å². The Kier molecular flexibility index (Phi) is 3.03. The molecule has 0 unspecified atom stereocenters. The van der Waals surface area contributed by atoms with Crippen molar-refractivity contribution in [1.29, 1.82) is 0 Å². The highest BCUT2D eigenvalue weighted by Crippen LogP contribution is 2.28. The molecule has 16 heavy (non-hydrogen) atoms. The second-order valence-electron chi connectivity index (χ2n) is 4.43. The number of sulfonamides is 1. The number of aromatic nitrogens is 2. The van der Waals surface area contributed by atoms with E-state index in [0.29, 0.717) is 13.1 Å². The van der Waals surface area contributed by atoms with Gasteiger partial charge in [0, 0.05) is 24.7 Å². The van der Waals surface area contributed by atoms with E-state index in [-0.39, 0.29) is 5.92 Å². The van der Waals surface area contributed by atoms with Crippen LogP contribution >= 0.6 is 0 Å². The zero-order valence-corrected chi connectivity index (χ0v) is 10.4. The van der Waals surface area contributed by atoms with E-state index in [2.05, 4.69) is 10.2 Å². The predicted octanol–water partition coefficient (Wildman–Crippen LogP) is 0.857. The first-order valence-corrected chi connectivity index (χ1v) is 7.28. The summed E-state index contributed by atoms with van der Waals surface area (Å²) in [5.74, 6) is 0.256. The topological polar surface area (TPSA) is 66.1 Å². The van der Waals surface area contributed by atoms with Crippen molar-refractivity contribution in [1.82, 2.24) is 14.5 Å². The Morgan fingerprint density at radius 1 is 1.56 bits per heavy atom. The molecule has 0 spiro atoms. The molecule has 1 aliphatic heterocycles. The van der Waals surface area contributed by atoms with E-state index in [1.165, 1.54) is 6.26 Å². The molecule has 1 atom stereocenters. The van der Waals surface area contributed by atoms with Gasteiger partial charge in [-0.25, -0.2) is 12.7 Å². The van der Waals surface area contributed by atoms with Crippen LogP contribution in [-0.4, -0.2) is 42.3 Å². The number of hydrogen-bond acceptors (Lipinski definition) is 3. The molecule has 0 amide bonds. The molecule has 1 N–H and O–H groups in total. The smallest absolute Gasteiger partial charge is 0.211 e. The minimum absolute atomic E-state index is 0.256. The van der Waals surface area contributed by atoms with Crippen LogP contribution in [-0.2, 0) is 10.0 Å². The van der Waals surface area contributed by atoms with E-state index in [0.717, 1.165) is 24.1 Å². The van der Waals surface area contributed by atoms with Gasteiger partial charge in [0.15, 0.2) is 0 Å². The molecule has 6 heteroatoms. The van der Waals surface area contributed by atoms with Gasteiger partial charge in [-0.3, -0.25) is 5.10 Å². The number of hydrogen-bond donors (Lipinski definition) is 1. The second-order valence-corrected chi connectivity index (χ2v) is 6.41. The van der Waals surface area contributed by atoms with Crippen molar-refractivity contribution < 1.29 is 8.42 Å². The minimum Gasteiger partial charge on any atom is -0.282 e. The van der Waals surface area contributed by atoms with E-state index in [1.54, 1.807) is 10.5 Å². The van der Waals surface area contributed by atoms with Gasteiger partial charge in [-0.05, 0) is 25.3 Å². The zero-order valence-electron chi connectivity index (χ0n) is 9.60. The highest BCUT2D eigenvalue weighted by atomic mass is 32.2. The van der Waals surface area contributed by atoms with Crippen LogP contribution in [0.4, 0.5) is 0 Å². The summed E-state index contributed by atoms with van der Waals surface area (Å²) in [4.78, 5) is 0. The molecule has 0 bridgehead atoms. The van der Waals surface area contributed by atoms with Gasteiger partial charge in [0.05, 0.1) is 12.5 Å². The van der Waals surface area contributed by atoms with Gasteiger partial charge in [-0.15, -0.1) is 0 Å². The average Bonchev–Trinajstić information content (AvgIpc) is 2.63. The van der Waals surface area contributed by atoms with Crippen LogP contribution in [0.15, 0.2) is 6.20 Å².